The molecule has 1 N–H and O–H groups in total. The molecule has 0 bridgehead atoms. The van der Waals surface area contributed by atoms with Gasteiger partial charge in [-0.2, -0.15) is 4.98 Å². The van der Waals surface area contributed by atoms with Crippen molar-refractivity contribution in [2.75, 3.05) is 13.1 Å². The van der Waals surface area contributed by atoms with Crippen molar-refractivity contribution in [2.45, 2.75) is 26.3 Å². The largest absolute Gasteiger partial charge is 0.481 e. The van der Waals surface area contributed by atoms with Gasteiger partial charge in [0, 0.05) is 0 Å². The summed E-state index contributed by atoms with van der Waals surface area (Å²) in [5.41, 5.74) is -0.620. The van der Waals surface area contributed by atoms with Crippen LogP contribution in [-0.2, 0) is 11.3 Å². The van der Waals surface area contributed by atoms with Crippen LogP contribution in [0.2, 0.25) is 0 Å². The number of piperidine rings is 1. The second-order valence-electron chi connectivity index (χ2n) is 5.63. The van der Waals surface area contributed by atoms with Gasteiger partial charge in [0.25, 0.3) is 0 Å². The summed E-state index contributed by atoms with van der Waals surface area (Å²) in [6, 6.07) is 3.54. The van der Waals surface area contributed by atoms with Crippen LogP contribution in [0.5, 0.6) is 0 Å². The number of rotatable bonds is 4. The molecule has 7 nitrogen and oxygen atoms in total. The normalized spacial score (nSPS) is 18.7. The van der Waals surface area contributed by atoms with E-state index in [1.807, 2.05) is 0 Å². The number of nitrogens with zero attached hydrogens (tertiary/aromatic N) is 3. The summed E-state index contributed by atoms with van der Waals surface area (Å²) in [6.45, 7) is 3.75. The lowest BCUT2D eigenvalue weighted by molar-refractivity contribution is -0.150. The fourth-order valence-electron chi connectivity index (χ4n) is 2.43. The second kappa shape index (κ2) is 5.33. The third-order valence-electron chi connectivity index (χ3n) is 4.04. The Morgan fingerprint density at radius 2 is 2.24 bits per heavy atom. The molecule has 112 valence electrons. The maximum Gasteiger partial charge on any atom is 0.309 e. The first-order valence-electron chi connectivity index (χ1n) is 6.89. The highest BCUT2D eigenvalue weighted by Gasteiger charge is 2.37. The number of hydrogen-bond acceptors (Lipinski definition) is 6. The van der Waals surface area contributed by atoms with E-state index in [0.29, 0.717) is 50.0 Å². The van der Waals surface area contributed by atoms with Gasteiger partial charge in [-0.05, 0) is 45.0 Å². The second-order valence-corrected chi connectivity index (χ2v) is 5.63. The van der Waals surface area contributed by atoms with Gasteiger partial charge < -0.3 is 14.0 Å². The van der Waals surface area contributed by atoms with Crippen molar-refractivity contribution in [2.24, 2.45) is 5.41 Å². The Kier molecular flexibility index (Phi) is 3.50. The number of hydrogen-bond donors (Lipinski definition) is 1. The molecule has 2 aromatic heterocycles. The Labute approximate surface area is 121 Å². The Morgan fingerprint density at radius 3 is 2.86 bits per heavy atom. The van der Waals surface area contributed by atoms with Crippen LogP contribution in [-0.4, -0.2) is 39.2 Å². The third-order valence-corrected chi connectivity index (χ3v) is 4.04. The van der Waals surface area contributed by atoms with E-state index in [1.54, 1.807) is 25.3 Å². The van der Waals surface area contributed by atoms with Crippen molar-refractivity contribution in [1.82, 2.24) is 15.0 Å². The van der Waals surface area contributed by atoms with E-state index in [4.69, 9.17) is 8.94 Å². The monoisotopic (exact) mass is 291 g/mol. The maximum absolute atomic E-state index is 11.2. The Morgan fingerprint density at radius 1 is 1.48 bits per heavy atom. The highest BCUT2D eigenvalue weighted by atomic mass is 16.5. The van der Waals surface area contributed by atoms with Crippen molar-refractivity contribution in [3.63, 3.8) is 0 Å². The maximum atomic E-state index is 11.2. The minimum Gasteiger partial charge on any atom is -0.481 e. The minimum absolute atomic E-state index is 0.433. The standard InChI is InChI=1S/C14H17N3O4/c1-14(13(18)19)4-6-17(7-5-14)9-11-15-12(16-21-11)10-3-2-8-20-10/h2-3,8H,4-7,9H2,1H3,(H,18,19). The van der Waals surface area contributed by atoms with Crippen molar-refractivity contribution < 1.29 is 18.8 Å². The summed E-state index contributed by atoms with van der Waals surface area (Å²) in [6.07, 6.45) is 2.81. The van der Waals surface area contributed by atoms with E-state index in [-0.39, 0.29) is 0 Å². The average molecular weight is 291 g/mol. The Balaban J connectivity index is 1.60. The molecule has 7 heteroatoms. The Bertz CT molecular complexity index is 612. The molecule has 0 aliphatic carbocycles. The minimum atomic E-state index is -0.722. The molecule has 0 saturated carbocycles. The lowest BCUT2D eigenvalue weighted by Gasteiger charge is -2.35. The fraction of sp³-hybridized carbons (Fsp3) is 0.500. The van der Waals surface area contributed by atoms with Crippen molar-refractivity contribution in [3.8, 4) is 11.6 Å². The number of carboxylic acids is 1. The SMILES string of the molecule is CC1(C(=O)O)CCN(Cc2nc(-c3ccco3)no2)CC1. The molecule has 0 spiro atoms. The zero-order chi connectivity index (χ0) is 14.9. The number of carboxylic acid groups (broad SMARTS) is 1. The molecule has 0 amide bonds. The smallest absolute Gasteiger partial charge is 0.309 e. The van der Waals surface area contributed by atoms with E-state index < -0.39 is 11.4 Å². The molecule has 1 saturated heterocycles. The van der Waals surface area contributed by atoms with Crippen LogP contribution >= 0.6 is 0 Å². The van der Waals surface area contributed by atoms with Crippen LogP contribution in [0.25, 0.3) is 11.6 Å². The molecule has 21 heavy (non-hydrogen) atoms. The summed E-state index contributed by atoms with van der Waals surface area (Å²) in [5, 5.41) is 13.1. The molecule has 2 aromatic rings. The highest BCUT2D eigenvalue weighted by molar-refractivity contribution is 5.74. The van der Waals surface area contributed by atoms with Crippen molar-refractivity contribution >= 4 is 5.97 Å². The van der Waals surface area contributed by atoms with E-state index in [9.17, 15) is 9.90 Å². The van der Waals surface area contributed by atoms with Gasteiger partial charge in [-0.15, -0.1) is 0 Å². The lowest BCUT2D eigenvalue weighted by atomic mass is 9.80. The van der Waals surface area contributed by atoms with Gasteiger partial charge >= 0.3 is 5.97 Å². The van der Waals surface area contributed by atoms with Crippen LogP contribution in [0.1, 0.15) is 25.7 Å². The molecular weight excluding hydrogens is 274 g/mol. The third kappa shape index (κ3) is 2.82. The van der Waals surface area contributed by atoms with Gasteiger partial charge in [0.1, 0.15) is 0 Å². The quantitative estimate of drug-likeness (QED) is 0.921. The van der Waals surface area contributed by atoms with E-state index in [2.05, 4.69) is 15.0 Å². The molecule has 0 aromatic carbocycles. The van der Waals surface area contributed by atoms with E-state index >= 15 is 0 Å². The van der Waals surface area contributed by atoms with Gasteiger partial charge in [-0.3, -0.25) is 9.69 Å². The summed E-state index contributed by atoms with van der Waals surface area (Å²) >= 11 is 0. The first-order chi connectivity index (χ1) is 10.1. The molecule has 0 atom stereocenters. The number of aromatic nitrogens is 2. The molecule has 3 heterocycles. The van der Waals surface area contributed by atoms with Gasteiger partial charge in [0.05, 0.1) is 18.2 Å². The van der Waals surface area contributed by atoms with Crippen LogP contribution in [0.4, 0.5) is 0 Å². The molecule has 0 unspecified atom stereocenters. The van der Waals surface area contributed by atoms with E-state index in [0.717, 1.165) is 0 Å². The molecule has 3 rings (SSSR count). The lowest BCUT2D eigenvalue weighted by Crippen LogP contribution is -2.42. The van der Waals surface area contributed by atoms with Crippen LogP contribution in [0, 0.1) is 5.41 Å². The predicted octanol–water partition coefficient (Wildman–Crippen LogP) is 2.02. The predicted molar refractivity (Wildman–Crippen MR) is 72.3 cm³/mol. The number of likely N-dealkylation sites (tertiary alicyclic amines) is 1. The summed E-state index contributed by atoms with van der Waals surface area (Å²) in [7, 11) is 0. The topological polar surface area (TPSA) is 92.6 Å². The van der Waals surface area contributed by atoms with Gasteiger partial charge in [-0.1, -0.05) is 5.16 Å². The van der Waals surface area contributed by atoms with Crippen LogP contribution in [0.15, 0.2) is 27.3 Å². The first-order valence-corrected chi connectivity index (χ1v) is 6.89. The molecule has 1 aliphatic heterocycles. The number of furan rings is 1. The number of aliphatic carboxylic acids is 1. The fourth-order valence-corrected chi connectivity index (χ4v) is 2.43. The van der Waals surface area contributed by atoms with Crippen molar-refractivity contribution in [1.29, 1.82) is 0 Å². The average Bonchev–Trinajstić information content (AvgIpc) is 3.12. The summed E-state index contributed by atoms with van der Waals surface area (Å²) < 4.78 is 10.4. The highest BCUT2D eigenvalue weighted by Crippen LogP contribution is 2.31. The molecular formula is C14H17N3O4. The van der Waals surface area contributed by atoms with Crippen molar-refractivity contribution in [3.05, 3.63) is 24.3 Å². The zero-order valence-electron chi connectivity index (χ0n) is 11.8. The zero-order valence-corrected chi connectivity index (χ0v) is 11.8. The molecule has 1 aliphatic rings. The van der Waals surface area contributed by atoms with E-state index in [1.165, 1.54) is 0 Å². The summed E-state index contributed by atoms with van der Waals surface area (Å²) in [4.78, 5) is 17.6. The molecule has 0 radical (unpaired) electrons. The molecule has 1 fully saturated rings. The van der Waals surface area contributed by atoms with Gasteiger partial charge in [0.2, 0.25) is 11.7 Å². The van der Waals surface area contributed by atoms with Gasteiger partial charge in [-0.25, -0.2) is 0 Å². The van der Waals surface area contributed by atoms with Crippen LogP contribution < -0.4 is 0 Å². The van der Waals surface area contributed by atoms with Crippen LogP contribution in [0.3, 0.4) is 0 Å². The Hall–Kier alpha value is -2.15. The summed E-state index contributed by atoms with van der Waals surface area (Å²) in [5.74, 6) is 0.796. The first kappa shape index (κ1) is 13.8. The number of carbonyl (C=O) groups is 1. The van der Waals surface area contributed by atoms with Gasteiger partial charge in [0.15, 0.2) is 5.76 Å².